The van der Waals surface area contributed by atoms with Crippen LogP contribution in [0.2, 0.25) is 5.02 Å². The molecule has 0 atom stereocenters. The maximum Gasteiger partial charge on any atom is 0.144 e. The lowest BCUT2D eigenvalue weighted by Gasteiger charge is -2.14. The predicted molar refractivity (Wildman–Crippen MR) is 79.0 cm³/mol. The van der Waals surface area contributed by atoms with Gasteiger partial charge in [0, 0.05) is 17.7 Å². The minimum absolute atomic E-state index is 0.419. The van der Waals surface area contributed by atoms with Crippen LogP contribution in [-0.2, 0) is 0 Å². The van der Waals surface area contributed by atoms with E-state index in [0.717, 1.165) is 5.56 Å². The van der Waals surface area contributed by atoms with Gasteiger partial charge < -0.3 is 20.5 Å². The van der Waals surface area contributed by atoms with Crippen molar-refractivity contribution < 1.29 is 9.47 Å². The van der Waals surface area contributed by atoms with Crippen molar-refractivity contribution in [1.29, 1.82) is 0 Å². The molecule has 0 bridgehead atoms. The van der Waals surface area contributed by atoms with Crippen LogP contribution in [0.3, 0.4) is 0 Å². The number of ether oxygens (including phenoxy) is 2. The first-order chi connectivity index (χ1) is 9.56. The molecule has 0 spiro atoms. The van der Waals surface area contributed by atoms with Crippen molar-refractivity contribution >= 4 is 28.9 Å². The summed E-state index contributed by atoms with van der Waals surface area (Å²) < 4.78 is 10.5. The Bertz CT molecular complexity index is 634. The normalized spacial score (nSPS) is 10.2. The third kappa shape index (κ3) is 2.70. The number of halogens is 1. The average Bonchev–Trinajstić information content (AvgIpc) is 2.45. The highest BCUT2D eigenvalue weighted by molar-refractivity contribution is 6.32. The summed E-state index contributed by atoms with van der Waals surface area (Å²) in [6.45, 7) is 1.83. The van der Waals surface area contributed by atoms with Crippen molar-refractivity contribution in [3.63, 3.8) is 0 Å². The van der Waals surface area contributed by atoms with Crippen LogP contribution in [0.1, 0.15) is 5.56 Å². The van der Waals surface area contributed by atoms with Gasteiger partial charge in [-0.05, 0) is 6.92 Å². The number of nitrogens with two attached hydrogens (primary N) is 1. The molecular weight excluding hydrogens is 280 g/mol. The van der Waals surface area contributed by atoms with Crippen LogP contribution in [0, 0.1) is 6.92 Å². The Morgan fingerprint density at radius 2 is 1.85 bits per heavy atom. The number of hydrogen-bond acceptors (Lipinski definition) is 6. The van der Waals surface area contributed by atoms with E-state index in [2.05, 4.69) is 15.3 Å². The molecule has 1 aromatic carbocycles. The molecule has 0 aliphatic carbocycles. The van der Waals surface area contributed by atoms with Gasteiger partial charge in [-0.1, -0.05) is 11.6 Å². The van der Waals surface area contributed by atoms with Crippen LogP contribution < -0.4 is 20.5 Å². The second-order valence-corrected chi connectivity index (χ2v) is 4.45. The highest BCUT2D eigenvalue weighted by Gasteiger charge is 2.12. The number of anilines is 3. The van der Waals surface area contributed by atoms with Gasteiger partial charge in [0.05, 0.1) is 24.9 Å². The van der Waals surface area contributed by atoms with Crippen molar-refractivity contribution in [3.8, 4) is 11.5 Å². The Morgan fingerprint density at radius 1 is 1.15 bits per heavy atom. The molecule has 0 saturated heterocycles. The van der Waals surface area contributed by atoms with Crippen molar-refractivity contribution in [2.24, 2.45) is 0 Å². The summed E-state index contributed by atoms with van der Waals surface area (Å²) in [5.74, 6) is 2.13. The number of methoxy groups -OCH3 is 2. The third-order valence-electron chi connectivity index (χ3n) is 2.85. The first kappa shape index (κ1) is 14.2. The molecule has 0 unspecified atom stereocenters. The summed E-state index contributed by atoms with van der Waals surface area (Å²) in [7, 11) is 3.11. The summed E-state index contributed by atoms with van der Waals surface area (Å²) in [6.07, 6.45) is 1.39. The lowest BCUT2D eigenvalue weighted by molar-refractivity contribution is 0.405. The van der Waals surface area contributed by atoms with E-state index in [1.165, 1.54) is 6.33 Å². The molecule has 0 aliphatic rings. The van der Waals surface area contributed by atoms with Gasteiger partial charge in [-0.25, -0.2) is 9.97 Å². The second kappa shape index (κ2) is 5.83. The van der Waals surface area contributed by atoms with Gasteiger partial charge >= 0.3 is 0 Å². The number of aromatic nitrogens is 2. The van der Waals surface area contributed by atoms with Crippen LogP contribution in [0.15, 0.2) is 18.5 Å². The largest absolute Gasteiger partial charge is 0.495 e. The number of rotatable bonds is 4. The number of hydrogen-bond donors (Lipinski definition) is 2. The van der Waals surface area contributed by atoms with Crippen molar-refractivity contribution in [2.75, 3.05) is 25.3 Å². The summed E-state index contributed by atoms with van der Waals surface area (Å²) in [5, 5.41) is 3.61. The molecule has 2 aromatic rings. The Morgan fingerprint density at radius 3 is 2.50 bits per heavy atom. The fraction of sp³-hybridized carbons (Fsp3) is 0.231. The molecule has 0 aliphatic heterocycles. The molecule has 1 heterocycles. The molecule has 0 saturated carbocycles. The van der Waals surface area contributed by atoms with Gasteiger partial charge in [0.2, 0.25) is 0 Å². The van der Waals surface area contributed by atoms with E-state index in [1.54, 1.807) is 26.4 Å². The standard InChI is InChI=1S/C13H15ClN4O2/c1-7-12(15)16-6-17-13(7)18-9-5-10(19-2)8(14)4-11(9)20-3/h4-6H,1-3H3,(H3,15,16,17,18). The van der Waals surface area contributed by atoms with Gasteiger partial charge in [0.15, 0.2) is 0 Å². The van der Waals surface area contributed by atoms with Crippen LogP contribution >= 0.6 is 11.6 Å². The molecular formula is C13H15ClN4O2. The summed E-state index contributed by atoms with van der Waals surface area (Å²) in [4.78, 5) is 8.08. The van der Waals surface area contributed by atoms with Crippen molar-refractivity contribution in [2.45, 2.75) is 6.92 Å². The highest BCUT2D eigenvalue weighted by Crippen LogP contribution is 2.37. The predicted octanol–water partition coefficient (Wildman–Crippen LogP) is 2.78. The van der Waals surface area contributed by atoms with Gasteiger partial charge in [-0.15, -0.1) is 0 Å². The van der Waals surface area contributed by atoms with Crippen LogP contribution in [0.25, 0.3) is 0 Å². The van der Waals surface area contributed by atoms with E-state index in [-0.39, 0.29) is 0 Å². The van der Waals surface area contributed by atoms with E-state index in [1.807, 2.05) is 6.92 Å². The van der Waals surface area contributed by atoms with E-state index in [9.17, 15) is 0 Å². The minimum atomic E-state index is 0.419. The molecule has 0 fully saturated rings. The Kier molecular flexibility index (Phi) is 4.14. The number of nitrogen functional groups attached to an aromatic ring is 1. The molecule has 3 N–H and O–H groups in total. The molecule has 20 heavy (non-hydrogen) atoms. The van der Waals surface area contributed by atoms with Crippen molar-refractivity contribution in [3.05, 3.63) is 29.0 Å². The second-order valence-electron chi connectivity index (χ2n) is 4.04. The zero-order valence-electron chi connectivity index (χ0n) is 11.4. The first-order valence-corrected chi connectivity index (χ1v) is 6.20. The van der Waals surface area contributed by atoms with Gasteiger partial charge in [-0.3, -0.25) is 0 Å². The molecule has 0 radical (unpaired) electrons. The average molecular weight is 295 g/mol. The topological polar surface area (TPSA) is 82.3 Å². The molecule has 7 heteroatoms. The van der Waals surface area contributed by atoms with Crippen molar-refractivity contribution in [1.82, 2.24) is 9.97 Å². The number of nitrogens with zero attached hydrogens (tertiary/aromatic N) is 2. The zero-order valence-corrected chi connectivity index (χ0v) is 12.2. The summed E-state index contributed by atoms with van der Waals surface area (Å²) in [6, 6.07) is 3.40. The number of nitrogens with one attached hydrogen (secondary N) is 1. The fourth-order valence-electron chi connectivity index (χ4n) is 1.68. The molecule has 1 aromatic heterocycles. The van der Waals surface area contributed by atoms with Gasteiger partial charge in [-0.2, -0.15) is 0 Å². The lowest BCUT2D eigenvalue weighted by Crippen LogP contribution is -2.03. The van der Waals surface area contributed by atoms with Crippen LogP contribution in [0.5, 0.6) is 11.5 Å². The van der Waals surface area contributed by atoms with Crippen LogP contribution in [0.4, 0.5) is 17.3 Å². The van der Waals surface area contributed by atoms with Crippen LogP contribution in [-0.4, -0.2) is 24.2 Å². The monoisotopic (exact) mass is 294 g/mol. The highest BCUT2D eigenvalue weighted by atomic mass is 35.5. The fourth-order valence-corrected chi connectivity index (χ4v) is 1.91. The van der Waals surface area contributed by atoms with E-state index < -0.39 is 0 Å². The summed E-state index contributed by atoms with van der Waals surface area (Å²) >= 11 is 6.06. The third-order valence-corrected chi connectivity index (χ3v) is 3.15. The smallest absolute Gasteiger partial charge is 0.144 e. The SMILES string of the molecule is COc1cc(Nc2ncnc(N)c2C)c(OC)cc1Cl. The summed E-state index contributed by atoms with van der Waals surface area (Å²) in [5.41, 5.74) is 7.19. The first-order valence-electron chi connectivity index (χ1n) is 5.82. The zero-order chi connectivity index (χ0) is 14.7. The maximum atomic E-state index is 6.06. The lowest BCUT2D eigenvalue weighted by atomic mass is 10.2. The maximum absolute atomic E-state index is 6.06. The molecule has 0 amide bonds. The molecule has 106 valence electrons. The van der Waals surface area contributed by atoms with Gasteiger partial charge in [0.25, 0.3) is 0 Å². The Labute approximate surface area is 121 Å². The molecule has 2 rings (SSSR count). The number of benzene rings is 1. The Balaban J connectivity index is 2.44. The van der Waals surface area contributed by atoms with Gasteiger partial charge in [0.1, 0.15) is 29.5 Å². The van der Waals surface area contributed by atoms with E-state index in [0.29, 0.717) is 33.8 Å². The molecule has 6 nitrogen and oxygen atoms in total. The quantitative estimate of drug-likeness (QED) is 0.902. The Hall–Kier alpha value is -2.21. The van der Waals surface area contributed by atoms with E-state index in [4.69, 9.17) is 26.8 Å². The van der Waals surface area contributed by atoms with E-state index >= 15 is 0 Å². The minimum Gasteiger partial charge on any atom is -0.495 e.